The maximum Gasteiger partial charge on any atom is 0.408 e. The highest BCUT2D eigenvalue weighted by atomic mass is 16.7. The topological polar surface area (TPSA) is 102 Å². The number of carbonyl (C=O) groups is 4. The molecule has 3 amide bonds. The van der Waals surface area contributed by atoms with E-state index in [1.165, 1.54) is 6.08 Å². The summed E-state index contributed by atoms with van der Waals surface area (Å²) in [7, 11) is 0. The van der Waals surface area contributed by atoms with Crippen LogP contribution in [0.5, 0.6) is 0 Å². The number of nitrogens with one attached hydrogen (secondary N) is 1. The fourth-order valence-electron chi connectivity index (χ4n) is 1.79. The highest BCUT2D eigenvalue weighted by molar-refractivity contribution is 6.01. The summed E-state index contributed by atoms with van der Waals surface area (Å²) in [6.45, 7) is 5.33. The number of rotatable bonds is 8. The zero-order chi connectivity index (χ0) is 16.5. The fourth-order valence-corrected chi connectivity index (χ4v) is 1.79. The van der Waals surface area contributed by atoms with Crippen molar-refractivity contribution in [3.8, 4) is 0 Å². The third kappa shape index (κ3) is 5.19. The Morgan fingerprint density at radius 1 is 1.36 bits per heavy atom. The molecular weight excluding hydrogens is 292 g/mol. The lowest BCUT2D eigenvalue weighted by atomic mass is 10.1. The first-order valence-electron chi connectivity index (χ1n) is 7.11. The summed E-state index contributed by atoms with van der Waals surface area (Å²) >= 11 is 0. The largest absolute Gasteiger partial charge is 0.445 e. The second kappa shape index (κ2) is 8.81. The van der Waals surface area contributed by atoms with E-state index in [0.717, 1.165) is 6.42 Å². The van der Waals surface area contributed by atoms with Gasteiger partial charge in [0.2, 0.25) is 0 Å². The van der Waals surface area contributed by atoms with E-state index < -0.39 is 29.9 Å². The van der Waals surface area contributed by atoms with Crippen LogP contribution in [0, 0.1) is 0 Å². The smallest absolute Gasteiger partial charge is 0.408 e. The van der Waals surface area contributed by atoms with E-state index in [2.05, 4.69) is 11.9 Å². The zero-order valence-electron chi connectivity index (χ0n) is 12.5. The lowest BCUT2D eigenvalue weighted by Crippen LogP contribution is -2.45. The van der Waals surface area contributed by atoms with E-state index in [4.69, 9.17) is 9.57 Å². The third-order valence-electron chi connectivity index (χ3n) is 2.94. The van der Waals surface area contributed by atoms with Crippen molar-refractivity contribution >= 4 is 23.9 Å². The molecule has 0 bridgehead atoms. The van der Waals surface area contributed by atoms with Gasteiger partial charge in [-0.05, 0) is 6.42 Å². The molecule has 0 radical (unpaired) electrons. The Balaban J connectivity index is 2.62. The predicted molar refractivity (Wildman–Crippen MR) is 75.2 cm³/mol. The number of nitrogens with zero attached hydrogens (tertiary/aromatic N) is 1. The molecular formula is C14H20N2O6. The molecule has 1 heterocycles. The molecule has 0 spiro atoms. The fraction of sp³-hybridized carbons (Fsp3) is 0.571. The van der Waals surface area contributed by atoms with Gasteiger partial charge in [-0.2, -0.15) is 0 Å². The summed E-state index contributed by atoms with van der Waals surface area (Å²) < 4.78 is 4.74. The summed E-state index contributed by atoms with van der Waals surface area (Å²) in [6.07, 6.45) is 2.39. The van der Waals surface area contributed by atoms with Crippen molar-refractivity contribution in [2.45, 2.75) is 45.1 Å². The third-order valence-corrected chi connectivity index (χ3v) is 2.94. The summed E-state index contributed by atoms with van der Waals surface area (Å²) in [5.74, 6) is -2.00. The molecule has 22 heavy (non-hydrogen) atoms. The van der Waals surface area contributed by atoms with Gasteiger partial charge in [0.1, 0.15) is 12.6 Å². The molecule has 1 N–H and O–H groups in total. The van der Waals surface area contributed by atoms with Gasteiger partial charge >= 0.3 is 12.1 Å². The summed E-state index contributed by atoms with van der Waals surface area (Å²) in [5, 5.41) is 2.81. The van der Waals surface area contributed by atoms with Crippen LogP contribution in [0.4, 0.5) is 4.79 Å². The van der Waals surface area contributed by atoms with E-state index in [1.807, 2.05) is 6.92 Å². The highest BCUT2D eigenvalue weighted by Gasteiger charge is 2.35. The van der Waals surface area contributed by atoms with Gasteiger partial charge in [0.25, 0.3) is 11.8 Å². The van der Waals surface area contributed by atoms with Gasteiger partial charge < -0.3 is 14.9 Å². The van der Waals surface area contributed by atoms with Crippen LogP contribution in [0.3, 0.4) is 0 Å². The maximum atomic E-state index is 12.0. The van der Waals surface area contributed by atoms with Crippen molar-refractivity contribution in [1.82, 2.24) is 10.4 Å². The minimum Gasteiger partial charge on any atom is -0.445 e. The Hall–Kier alpha value is -2.38. The molecule has 0 saturated carbocycles. The number of carbonyl (C=O) groups excluding carboxylic acids is 4. The van der Waals surface area contributed by atoms with Crippen LogP contribution in [0.2, 0.25) is 0 Å². The molecule has 0 aromatic rings. The molecule has 1 fully saturated rings. The molecule has 8 heteroatoms. The Morgan fingerprint density at radius 3 is 2.55 bits per heavy atom. The van der Waals surface area contributed by atoms with Crippen LogP contribution in [0.15, 0.2) is 12.7 Å². The molecule has 1 rings (SSSR count). The average Bonchev–Trinajstić information content (AvgIpc) is 2.81. The summed E-state index contributed by atoms with van der Waals surface area (Å²) in [5.41, 5.74) is 0. The van der Waals surface area contributed by atoms with E-state index in [-0.39, 0.29) is 19.4 Å². The first-order valence-corrected chi connectivity index (χ1v) is 7.11. The molecule has 8 nitrogen and oxygen atoms in total. The Morgan fingerprint density at radius 2 is 2.00 bits per heavy atom. The predicted octanol–water partition coefficient (Wildman–Crippen LogP) is 1.06. The SMILES string of the molecule is C=CCOC(=O)NC(CCCC)C(=O)ON1C(=O)CCC1=O. The quantitative estimate of drug-likeness (QED) is 0.531. The van der Waals surface area contributed by atoms with Crippen molar-refractivity contribution in [3.05, 3.63) is 12.7 Å². The Kier molecular flexibility index (Phi) is 7.07. The normalized spacial score (nSPS) is 15.4. The van der Waals surface area contributed by atoms with Crippen LogP contribution in [0.25, 0.3) is 0 Å². The van der Waals surface area contributed by atoms with Crippen molar-refractivity contribution in [2.24, 2.45) is 0 Å². The molecule has 1 aliphatic rings. The number of unbranched alkanes of at least 4 members (excludes halogenated alkanes) is 1. The van der Waals surface area contributed by atoms with Crippen LogP contribution in [0.1, 0.15) is 39.0 Å². The second-order valence-corrected chi connectivity index (χ2v) is 4.72. The number of amides is 3. The number of ether oxygens (including phenoxy) is 1. The van der Waals surface area contributed by atoms with Gasteiger partial charge in [0.15, 0.2) is 0 Å². The van der Waals surface area contributed by atoms with Gasteiger partial charge in [0.05, 0.1) is 0 Å². The van der Waals surface area contributed by atoms with Gasteiger partial charge in [-0.1, -0.05) is 32.4 Å². The second-order valence-electron chi connectivity index (χ2n) is 4.72. The maximum absolute atomic E-state index is 12.0. The van der Waals surface area contributed by atoms with Gasteiger partial charge in [0, 0.05) is 12.8 Å². The molecule has 1 atom stereocenters. The van der Waals surface area contributed by atoms with E-state index >= 15 is 0 Å². The van der Waals surface area contributed by atoms with Gasteiger partial charge in [-0.15, -0.1) is 5.06 Å². The van der Waals surface area contributed by atoms with Crippen molar-refractivity contribution in [1.29, 1.82) is 0 Å². The lowest BCUT2D eigenvalue weighted by Gasteiger charge is -2.19. The zero-order valence-corrected chi connectivity index (χ0v) is 12.5. The first-order chi connectivity index (χ1) is 10.5. The van der Waals surface area contributed by atoms with Crippen LogP contribution >= 0.6 is 0 Å². The summed E-state index contributed by atoms with van der Waals surface area (Å²) in [6, 6.07) is -0.988. The Labute approximate surface area is 128 Å². The van der Waals surface area contributed by atoms with Gasteiger partial charge in [-0.25, -0.2) is 9.59 Å². The van der Waals surface area contributed by atoms with Crippen molar-refractivity contribution in [3.63, 3.8) is 0 Å². The molecule has 0 aromatic carbocycles. The van der Waals surface area contributed by atoms with E-state index in [0.29, 0.717) is 17.9 Å². The molecule has 1 aliphatic heterocycles. The number of hydroxylamine groups is 2. The average molecular weight is 312 g/mol. The standard InChI is InChI=1S/C14H20N2O6/c1-3-5-6-10(15-14(20)21-9-4-2)13(19)22-16-11(17)7-8-12(16)18/h4,10H,2-3,5-9H2,1H3,(H,15,20). The van der Waals surface area contributed by atoms with Crippen molar-refractivity contribution in [2.75, 3.05) is 6.61 Å². The lowest BCUT2D eigenvalue weighted by molar-refractivity contribution is -0.199. The van der Waals surface area contributed by atoms with Gasteiger partial charge in [-0.3, -0.25) is 9.59 Å². The monoisotopic (exact) mass is 312 g/mol. The number of hydrogen-bond acceptors (Lipinski definition) is 6. The number of imide groups is 1. The summed E-state index contributed by atoms with van der Waals surface area (Å²) in [4.78, 5) is 51.2. The minimum absolute atomic E-state index is 0.00444. The number of alkyl carbamates (subject to hydrolysis) is 1. The van der Waals surface area contributed by atoms with E-state index in [9.17, 15) is 19.2 Å². The molecule has 122 valence electrons. The molecule has 1 unspecified atom stereocenters. The van der Waals surface area contributed by atoms with Crippen LogP contribution < -0.4 is 5.32 Å². The first kappa shape index (κ1) is 17.7. The van der Waals surface area contributed by atoms with Crippen LogP contribution in [-0.2, 0) is 24.0 Å². The number of hydrogen-bond donors (Lipinski definition) is 1. The molecule has 0 aliphatic carbocycles. The molecule has 0 aromatic heterocycles. The van der Waals surface area contributed by atoms with Crippen LogP contribution in [-0.4, -0.2) is 41.6 Å². The minimum atomic E-state index is -0.988. The highest BCUT2D eigenvalue weighted by Crippen LogP contribution is 2.14. The molecule has 1 saturated heterocycles. The van der Waals surface area contributed by atoms with Crippen molar-refractivity contribution < 1.29 is 28.8 Å². The van der Waals surface area contributed by atoms with E-state index in [1.54, 1.807) is 0 Å². The Bertz CT molecular complexity index is 446.